The second-order valence-electron chi connectivity index (χ2n) is 3.57. The Morgan fingerprint density at radius 1 is 1.29 bits per heavy atom. The minimum absolute atomic E-state index is 0.374. The van der Waals surface area contributed by atoms with Crippen molar-refractivity contribution in [2.45, 2.75) is 19.5 Å². The van der Waals surface area contributed by atoms with Gasteiger partial charge >= 0.3 is 0 Å². The molecular weight excluding hydrogens is 248 g/mol. The molecule has 0 spiro atoms. The van der Waals surface area contributed by atoms with Crippen LogP contribution in [0, 0.1) is 0 Å². The maximum Gasteiger partial charge on any atom is 0.261 e. The lowest BCUT2D eigenvalue weighted by Gasteiger charge is -2.18. The summed E-state index contributed by atoms with van der Waals surface area (Å²) in [5.74, 6) is 0. The molecule has 1 atom stereocenters. The molecule has 0 saturated carbocycles. The Morgan fingerprint density at radius 3 is 2.47 bits per heavy atom. The number of alkyl halides is 2. The number of halogens is 3. The van der Waals surface area contributed by atoms with Gasteiger partial charge in [-0.05, 0) is 24.2 Å². The van der Waals surface area contributed by atoms with Gasteiger partial charge < -0.3 is 10.1 Å². The van der Waals surface area contributed by atoms with E-state index in [0.717, 1.165) is 12.1 Å². The molecule has 0 aliphatic carbocycles. The molecule has 0 amide bonds. The molecule has 1 aromatic rings. The largest absolute Gasteiger partial charge is 0.366 e. The van der Waals surface area contributed by atoms with E-state index in [1.54, 1.807) is 24.3 Å². The van der Waals surface area contributed by atoms with E-state index in [1.165, 1.54) is 0 Å². The van der Waals surface area contributed by atoms with Gasteiger partial charge in [0.25, 0.3) is 6.43 Å². The molecule has 17 heavy (non-hydrogen) atoms. The summed E-state index contributed by atoms with van der Waals surface area (Å²) in [6, 6.07) is 7.02. The van der Waals surface area contributed by atoms with Gasteiger partial charge in [-0.3, -0.25) is 0 Å². The van der Waals surface area contributed by atoms with Gasteiger partial charge in [0.15, 0.2) is 0 Å². The number of benzene rings is 1. The van der Waals surface area contributed by atoms with Crippen LogP contribution in [0.1, 0.15) is 18.6 Å². The highest BCUT2D eigenvalue weighted by Crippen LogP contribution is 2.20. The summed E-state index contributed by atoms with van der Waals surface area (Å²) in [6.07, 6.45) is -2.83. The van der Waals surface area contributed by atoms with Crippen LogP contribution < -0.4 is 5.32 Å². The van der Waals surface area contributed by atoms with E-state index in [-0.39, 0.29) is 6.10 Å². The quantitative estimate of drug-likeness (QED) is 0.815. The van der Waals surface area contributed by atoms with Crippen molar-refractivity contribution in [3.8, 4) is 0 Å². The van der Waals surface area contributed by atoms with Crippen molar-refractivity contribution in [3.05, 3.63) is 34.9 Å². The third-order valence-corrected chi connectivity index (χ3v) is 2.50. The zero-order valence-corrected chi connectivity index (χ0v) is 10.4. The van der Waals surface area contributed by atoms with E-state index in [4.69, 9.17) is 16.3 Å². The number of hydrogen-bond acceptors (Lipinski definition) is 2. The summed E-state index contributed by atoms with van der Waals surface area (Å²) >= 11 is 5.77. The average Bonchev–Trinajstić information content (AvgIpc) is 2.30. The predicted octanol–water partition coefficient (Wildman–Crippen LogP) is 3.27. The van der Waals surface area contributed by atoms with Crippen LogP contribution in [-0.2, 0) is 4.74 Å². The lowest BCUT2D eigenvalue weighted by molar-refractivity contribution is -0.0244. The second kappa shape index (κ2) is 7.58. The van der Waals surface area contributed by atoms with Gasteiger partial charge in [-0.15, -0.1) is 0 Å². The van der Waals surface area contributed by atoms with E-state index in [2.05, 4.69) is 5.32 Å². The Labute approximate surface area is 105 Å². The first-order valence-corrected chi connectivity index (χ1v) is 5.87. The second-order valence-corrected chi connectivity index (χ2v) is 4.01. The molecule has 1 rings (SSSR count). The van der Waals surface area contributed by atoms with Crippen molar-refractivity contribution in [3.63, 3.8) is 0 Å². The molecule has 2 nitrogen and oxygen atoms in total. The molecule has 0 radical (unpaired) electrons. The van der Waals surface area contributed by atoms with Gasteiger partial charge in [0, 0.05) is 11.6 Å². The van der Waals surface area contributed by atoms with E-state index >= 15 is 0 Å². The molecule has 0 fully saturated rings. The Balaban J connectivity index is 2.63. The van der Waals surface area contributed by atoms with Gasteiger partial charge in [0.1, 0.15) is 6.61 Å². The van der Waals surface area contributed by atoms with Crippen molar-refractivity contribution in [1.82, 2.24) is 5.32 Å². The molecule has 0 aliphatic heterocycles. The van der Waals surface area contributed by atoms with E-state index in [0.29, 0.717) is 11.6 Å². The van der Waals surface area contributed by atoms with Crippen molar-refractivity contribution >= 4 is 11.6 Å². The van der Waals surface area contributed by atoms with Crippen LogP contribution in [0.5, 0.6) is 0 Å². The molecule has 96 valence electrons. The topological polar surface area (TPSA) is 21.3 Å². The van der Waals surface area contributed by atoms with E-state index < -0.39 is 13.0 Å². The maximum atomic E-state index is 12.1. The summed E-state index contributed by atoms with van der Waals surface area (Å²) in [4.78, 5) is 0. The van der Waals surface area contributed by atoms with Crippen LogP contribution in [0.2, 0.25) is 5.02 Å². The number of nitrogens with one attached hydrogen (secondary N) is 1. The number of rotatable bonds is 7. The van der Waals surface area contributed by atoms with Crippen molar-refractivity contribution in [2.24, 2.45) is 0 Å². The van der Waals surface area contributed by atoms with Crippen molar-refractivity contribution in [1.29, 1.82) is 0 Å². The zero-order valence-electron chi connectivity index (χ0n) is 9.63. The Hall–Kier alpha value is -0.710. The fraction of sp³-hybridized carbons (Fsp3) is 0.500. The normalized spacial score (nSPS) is 13.0. The van der Waals surface area contributed by atoms with Crippen LogP contribution >= 0.6 is 11.6 Å². The van der Waals surface area contributed by atoms with Crippen molar-refractivity contribution in [2.75, 3.05) is 19.7 Å². The molecule has 0 bridgehead atoms. The van der Waals surface area contributed by atoms with Crippen LogP contribution in [0.25, 0.3) is 0 Å². The summed E-state index contributed by atoms with van der Waals surface area (Å²) in [5, 5.41) is 3.70. The number of hydrogen-bond donors (Lipinski definition) is 1. The van der Waals surface area contributed by atoms with Gasteiger partial charge in [0.05, 0.1) is 6.10 Å². The van der Waals surface area contributed by atoms with Crippen LogP contribution in [0.3, 0.4) is 0 Å². The lowest BCUT2D eigenvalue weighted by Crippen LogP contribution is -2.24. The summed E-state index contributed by atoms with van der Waals surface area (Å²) in [5.41, 5.74) is 0.844. The highest BCUT2D eigenvalue weighted by atomic mass is 35.5. The molecule has 1 N–H and O–H groups in total. The zero-order chi connectivity index (χ0) is 12.7. The first-order valence-electron chi connectivity index (χ1n) is 5.49. The monoisotopic (exact) mass is 263 g/mol. The van der Waals surface area contributed by atoms with E-state index in [1.807, 2.05) is 6.92 Å². The van der Waals surface area contributed by atoms with Crippen LogP contribution in [0.4, 0.5) is 8.78 Å². The third kappa shape index (κ3) is 5.44. The first kappa shape index (κ1) is 14.4. The third-order valence-electron chi connectivity index (χ3n) is 2.24. The molecule has 5 heteroatoms. The van der Waals surface area contributed by atoms with Crippen LogP contribution in [-0.4, -0.2) is 26.1 Å². The molecule has 0 saturated heterocycles. The molecule has 0 heterocycles. The Kier molecular flexibility index (Phi) is 6.40. The highest BCUT2D eigenvalue weighted by Gasteiger charge is 2.14. The summed E-state index contributed by atoms with van der Waals surface area (Å²) in [7, 11) is 0. The standard InChI is InChI=1S/C12H16ClF2NO/c1-2-16-7-11(17-8-12(14)15)9-3-5-10(13)6-4-9/h3-6,11-12,16H,2,7-8H2,1H3. The predicted molar refractivity (Wildman–Crippen MR) is 64.7 cm³/mol. The average molecular weight is 264 g/mol. The smallest absolute Gasteiger partial charge is 0.261 e. The maximum absolute atomic E-state index is 12.1. The SMILES string of the molecule is CCNCC(OCC(F)F)c1ccc(Cl)cc1. The minimum atomic E-state index is -2.45. The Bertz CT molecular complexity index is 319. The van der Waals surface area contributed by atoms with Gasteiger partial charge in [-0.25, -0.2) is 8.78 Å². The molecule has 1 aromatic carbocycles. The first-order chi connectivity index (χ1) is 8.13. The minimum Gasteiger partial charge on any atom is -0.366 e. The summed E-state index contributed by atoms with van der Waals surface area (Å²) in [6.45, 7) is 2.66. The van der Waals surface area contributed by atoms with E-state index in [9.17, 15) is 8.78 Å². The number of ether oxygens (including phenoxy) is 1. The molecule has 0 aliphatic rings. The van der Waals surface area contributed by atoms with Crippen LogP contribution in [0.15, 0.2) is 24.3 Å². The summed E-state index contributed by atoms with van der Waals surface area (Å²) < 4.78 is 29.4. The van der Waals surface area contributed by atoms with Gasteiger partial charge in [-0.2, -0.15) is 0 Å². The molecular formula is C12H16ClF2NO. The number of likely N-dealkylation sites (N-methyl/N-ethyl adjacent to an activating group) is 1. The Morgan fingerprint density at radius 2 is 1.94 bits per heavy atom. The highest BCUT2D eigenvalue weighted by molar-refractivity contribution is 6.30. The molecule has 1 unspecified atom stereocenters. The molecule has 0 aromatic heterocycles. The lowest BCUT2D eigenvalue weighted by atomic mass is 10.1. The van der Waals surface area contributed by atoms with Gasteiger partial charge in [0.2, 0.25) is 0 Å². The van der Waals surface area contributed by atoms with Gasteiger partial charge in [-0.1, -0.05) is 30.7 Å². The fourth-order valence-corrected chi connectivity index (χ4v) is 1.54. The van der Waals surface area contributed by atoms with Crippen molar-refractivity contribution < 1.29 is 13.5 Å². The fourth-order valence-electron chi connectivity index (χ4n) is 1.41.